The fourth-order valence-electron chi connectivity index (χ4n) is 3.20. The summed E-state index contributed by atoms with van der Waals surface area (Å²) in [4.78, 5) is 14.5. The third kappa shape index (κ3) is 5.62. The van der Waals surface area contributed by atoms with Crippen LogP contribution in [-0.4, -0.2) is 43.3 Å². The maximum absolute atomic E-state index is 12.6. The van der Waals surface area contributed by atoms with Crippen molar-refractivity contribution in [2.75, 3.05) is 18.1 Å². The predicted molar refractivity (Wildman–Crippen MR) is 97.8 cm³/mol. The second-order valence-electron chi connectivity index (χ2n) is 6.84. The number of hydrogen-bond acceptors (Lipinski definition) is 3. The van der Waals surface area contributed by atoms with Gasteiger partial charge in [-0.05, 0) is 38.2 Å². The van der Waals surface area contributed by atoms with Gasteiger partial charge in [0.25, 0.3) is 0 Å². The molecule has 1 atom stereocenters. The SMILES string of the molecule is CCCCN(C(=O)CCCc1ccc(C)cc1)C1CCS(=O)(=O)C1. The monoisotopic (exact) mass is 351 g/mol. The van der Waals surface area contributed by atoms with Crippen LogP contribution in [0.25, 0.3) is 0 Å². The predicted octanol–water partition coefficient (Wildman–Crippen LogP) is 3.13. The van der Waals surface area contributed by atoms with Crippen LogP contribution in [0.15, 0.2) is 24.3 Å². The molecule has 1 fully saturated rings. The summed E-state index contributed by atoms with van der Waals surface area (Å²) < 4.78 is 23.5. The van der Waals surface area contributed by atoms with Crippen molar-refractivity contribution < 1.29 is 13.2 Å². The van der Waals surface area contributed by atoms with Crippen molar-refractivity contribution in [1.29, 1.82) is 0 Å². The molecule has 1 saturated heterocycles. The molecule has 1 heterocycles. The molecular formula is C19H29NO3S. The molecule has 0 radical (unpaired) electrons. The van der Waals surface area contributed by atoms with Gasteiger partial charge in [0.1, 0.15) is 0 Å². The standard InChI is InChI=1S/C19H29NO3S/c1-3-4-13-20(18-12-14-24(22,23)15-18)19(21)7-5-6-17-10-8-16(2)9-11-17/h8-11,18H,3-7,12-15H2,1-2H3. The Bertz CT molecular complexity index is 637. The first-order valence-corrected chi connectivity index (χ1v) is 10.8. The van der Waals surface area contributed by atoms with E-state index in [2.05, 4.69) is 38.1 Å². The van der Waals surface area contributed by atoms with E-state index in [9.17, 15) is 13.2 Å². The van der Waals surface area contributed by atoms with Gasteiger partial charge >= 0.3 is 0 Å². The summed E-state index contributed by atoms with van der Waals surface area (Å²) in [5.74, 6) is 0.467. The number of carbonyl (C=O) groups is 1. The molecule has 0 aliphatic carbocycles. The smallest absolute Gasteiger partial charge is 0.222 e. The second kappa shape index (κ2) is 8.65. The van der Waals surface area contributed by atoms with Gasteiger partial charge in [0.2, 0.25) is 5.91 Å². The number of amides is 1. The molecule has 0 saturated carbocycles. The zero-order valence-electron chi connectivity index (χ0n) is 14.8. The Morgan fingerprint density at radius 3 is 2.50 bits per heavy atom. The van der Waals surface area contributed by atoms with Crippen molar-refractivity contribution in [3.05, 3.63) is 35.4 Å². The van der Waals surface area contributed by atoms with Crippen molar-refractivity contribution in [3.8, 4) is 0 Å². The molecule has 24 heavy (non-hydrogen) atoms. The van der Waals surface area contributed by atoms with Gasteiger partial charge in [0.15, 0.2) is 9.84 Å². The van der Waals surface area contributed by atoms with E-state index in [4.69, 9.17) is 0 Å². The van der Waals surface area contributed by atoms with E-state index in [1.54, 1.807) is 0 Å². The van der Waals surface area contributed by atoms with E-state index >= 15 is 0 Å². The van der Waals surface area contributed by atoms with Crippen LogP contribution in [0.3, 0.4) is 0 Å². The van der Waals surface area contributed by atoms with Gasteiger partial charge in [0, 0.05) is 19.0 Å². The number of sulfone groups is 1. The molecule has 2 rings (SSSR count). The second-order valence-corrected chi connectivity index (χ2v) is 9.07. The molecule has 4 nitrogen and oxygen atoms in total. The molecule has 1 aromatic carbocycles. The van der Waals surface area contributed by atoms with Gasteiger partial charge in [-0.3, -0.25) is 4.79 Å². The van der Waals surface area contributed by atoms with Crippen LogP contribution < -0.4 is 0 Å². The van der Waals surface area contributed by atoms with Crippen LogP contribution in [0.1, 0.15) is 50.2 Å². The maximum Gasteiger partial charge on any atom is 0.222 e. The molecule has 134 valence electrons. The van der Waals surface area contributed by atoms with Crippen LogP contribution in [0.2, 0.25) is 0 Å². The van der Waals surface area contributed by atoms with Crippen molar-refractivity contribution >= 4 is 15.7 Å². The molecule has 5 heteroatoms. The first-order valence-electron chi connectivity index (χ1n) is 8.96. The van der Waals surface area contributed by atoms with E-state index in [-0.39, 0.29) is 23.5 Å². The summed E-state index contributed by atoms with van der Waals surface area (Å²) in [5, 5.41) is 0. The Balaban J connectivity index is 1.88. The average Bonchev–Trinajstić information content (AvgIpc) is 2.89. The zero-order chi connectivity index (χ0) is 17.6. The van der Waals surface area contributed by atoms with Crippen LogP contribution in [0.5, 0.6) is 0 Å². The lowest BCUT2D eigenvalue weighted by Gasteiger charge is -2.28. The van der Waals surface area contributed by atoms with Crippen molar-refractivity contribution in [3.63, 3.8) is 0 Å². The lowest BCUT2D eigenvalue weighted by atomic mass is 10.1. The topological polar surface area (TPSA) is 54.5 Å². The number of rotatable bonds is 8. The summed E-state index contributed by atoms with van der Waals surface area (Å²) in [7, 11) is -2.96. The first-order chi connectivity index (χ1) is 11.4. The van der Waals surface area contributed by atoms with E-state index in [0.717, 1.165) is 25.7 Å². The number of carbonyl (C=O) groups excluding carboxylic acids is 1. The molecule has 0 N–H and O–H groups in total. The number of benzene rings is 1. The number of nitrogens with zero attached hydrogens (tertiary/aromatic N) is 1. The van der Waals surface area contributed by atoms with Crippen LogP contribution >= 0.6 is 0 Å². The molecular weight excluding hydrogens is 322 g/mol. The van der Waals surface area contributed by atoms with Gasteiger partial charge in [-0.2, -0.15) is 0 Å². The number of unbranched alkanes of at least 4 members (excludes halogenated alkanes) is 1. The highest BCUT2D eigenvalue weighted by molar-refractivity contribution is 7.91. The Morgan fingerprint density at radius 2 is 1.92 bits per heavy atom. The highest BCUT2D eigenvalue weighted by Crippen LogP contribution is 2.20. The van der Waals surface area contributed by atoms with Gasteiger partial charge in [-0.1, -0.05) is 43.2 Å². The minimum absolute atomic E-state index is 0.109. The molecule has 1 unspecified atom stereocenters. The van der Waals surface area contributed by atoms with Crippen molar-refractivity contribution in [2.24, 2.45) is 0 Å². The Morgan fingerprint density at radius 1 is 1.21 bits per heavy atom. The highest BCUT2D eigenvalue weighted by atomic mass is 32.2. The first kappa shape index (κ1) is 19.0. The Kier molecular flexibility index (Phi) is 6.84. The van der Waals surface area contributed by atoms with E-state index < -0.39 is 9.84 Å². The summed E-state index contributed by atoms with van der Waals surface area (Å²) in [6.07, 6.45) is 4.72. The molecule has 1 amide bonds. The minimum Gasteiger partial charge on any atom is -0.339 e. The van der Waals surface area contributed by atoms with Gasteiger partial charge in [0.05, 0.1) is 11.5 Å². The quantitative estimate of drug-likeness (QED) is 0.723. The summed E-state index contributed by atoms with van der Waals surface area (Å²) >= 11 is 0. The molecule has 0 spiro atoms. The Hall–Kier alpha value is -1.36. The largest absolute Gasteiger partial charge is 0.339 e. The lowest BCUT2D eigenvalue weighted by Crippen LogP contribution is -2.41. The van der Waals surface area contributed by atoms with Gasteiger partial charge in [-0.15, -0.1) is 0 Å². The fraction of sp³-hybridized carbons (Fsp3) is 0.632. The summed E-state index contributed by atoms with van der Waals surface area (Å²) in [6.45, 7) is 4.83. The normalized spacial score (nSPS) is 19.3. The van der Waals surface area contributed by atoms with Crippen molar-refractivity contribution in [1.82, 2.24) is 4.90 Å². The van der Waals surface area contributed by atoms with Crippen LogP contribution in [0.4, 0.5) is 0 Å². The van der Waals surface area contributed by atoms with E-state index in [1.807, 2.05) is 4.90 Å². The van der Waals surface area contributed by atoms with Crippen LogP contribution in [-0.2, 0) is 21.1 Å². The van der Waals surface area contributed by atoms with E-state index in [0.29, 0.717) is 19.4 Å². The van der Waals surface area contributed by atoms with Gasteiger partial charge < -0.3 is 4.90 Å². The third-order valence-corrected chi connectivity index (χ3v) is 6.45. The molecule has 0 bridgehead atoms. The summed E-state index contributed by atoms with van der Waals surface area (Å²) in [6, 6.07) is 8.28. The van der Waals surface area contributed by atoms with Crippen LogP contribution in [0, 0.1) is 6.92 Å². The molecule has 1 aliphatic rings. The van der Waals surface area contributed by atoms with E-state index in [1.165, 1.54) is 11.1 Å². The maximum atomic E-state index is 12.6. The van der Waals surface area contributed by atoms with Crippen molar-refractivity contribution in [2.45, 2.75) is 58.4 Å². The molecule has 1 aromatic rings. The Labute approximate surface area is 146 Å². The number of aryl methyl sites for hydroxylation is 2. The molecule has 1 aliphatic heterocycles. The lowest BCUT2D eigenvalue weighted by molar-refractivity contribution is -0.133. The minimum atomic E-state index is -2.96. The highest BCUT2D eigenvalue weighted by Gasteiger charge is 2.33. The number of hydrogen-bond donors (Lipinski definition) is 0. The average molecular weight is 352 g/mol. The molecule has 0 aromatic heterocycles. The summed E-state index contributed by atoms with van der Waals surface area (Å²) in [5.41, 5.74) is 2.49. The zero-order valence-corrected chi connectivity index (χ0v) is 15.6. The van der Waals surface area contributed by atoms with Gasteiger partial charge in [-0.25, -0.2) is 8.42 Å². The fourth-order valence-corrected chi connectivity index (χ4v) is 4.93. The third-order valence-electron chi connectivity index (χ3n) is 4.70.